The van der Waals surface area contributed by atoms with Crippen molar-refractivity contribution in [3.05, 3.63) is 34.4 Å². The molecule has 0 aromatic heterocycles. The maximum Gasteiger partial charge on any atom is 0.149 e. The maximum atomic E-state index is 13.7. The molecule has 0 spiro atoms. The lowest BCUT2D eigenvalue weighted by Crippen LogP contribution is -2.34. The van der Waals surface area contributed by atoms with Gasteiger partial charge in [0.05, 0.1) is 0 Å². The van der Waals surface area contributed by atoms with Crippen molar-refractivity contribution in [3.63, 3.8) is 0 Å². The number of halogens is 3. The number of benzene rings is 1. The van der Waals surface area contributed by atoms with Crippen LogP contribution in [0.2, 0.25) is 5.02 Å². The van der Waals surface area contributed by atoms with Crippen molar-refractivity contribution >= 4 is 11.6 Å². The van der Waals surface area contributed by atoms with Crippen LogP contribution in [0.25, 0.3) is 0 Å². The summed E-state index contributed by atoms with van der Waals surface area (Å²) in [6, 6.07) is 2.68. The third-order valence-corrected chi connectivity index (χ3v) is 3.34. The summed E-state index contributed by atoms with van der Waals surface area (Å²) in [4.78, 5) is 0. The molecular formula is C11H12ClF2N. The zero-order chi connectivity index (χ0) is 11.1. The Morgan fingerprint density at radius 3 is 2.73 bits per heavy atom. The highest BCUT2D eigenvalue weighted by Gasteiger charge is 2.33. The smallest absolute Gasteiger partial charge is 0.149 e. The van der Waals surface area contributed by atoms with Gasteiger partial charge in [0.15, 0.2) is 0 Å². The van der Waals surface area contributed by atoms with Crippen LogP contribution in [0.3, 0.4) is 0 Å². The Morgan fingerprint density at radius 1 is 1.40 bits per heavy atom. The summed E-state index contributed by atoms with van der Waals surface area (Å²) in [5.74, 6) is -1.35. The maximum absolute atomic E-state index is 13.7. The lowest BCUT2D eigenvalue weighted by Gasteiger charge is -2.25. The first-order valence-corrected chi connectivity index (χ1v) is 5.31. The second-order valence-corrected chi connectivity index (χ2v) is 4.46. The molecule has 1 unspecified atom stereocenters. The molecule has 1 aromatic carbocycles. The highest BCUT2D eigenvalue weighted by atomic mass is 35.5. The van der Waals surface area contributed by atoms with Gasteiger partial charge in [0.1, 0.15) is 16.7 Å². The Labute approximate surface area is 92.4 Å². The Balaban J connectivity index is 2.49. The molecule has 4 heteroatoms. The lowest BCUT2D eigenvalue weighted by molar-refractivity contribution is 0.408. The number of hydrogen-bond donors (Lipinski definition) is 1. The van der Waals surface area contributed by atoms with E-state index in [-0.39, 0.29) is 0 Å². The van der Waals surface area contributed by atoms with Gasteiger partial charge < -0.3 is 5.32 Å². The van der Waals surface area contributed by atoms with Gasteiger partial charge in [0.25, 0.3) is 0 Å². The van der Waals surface area contributed by atoms with Crippen LogP contribution in [-0.2, 0) is 5.54 Å². The molecule has 1 fully saturated rings. The second kappa shape index (κ2) is 3.72. The Morgan fingerprint density at radius 2 is 2.13 bits per heavy atom. The third kappa shape index (κ3) is 1.74. The molecule has 2 rings (SSSR count). The molecule has 1 N–H and O–H groups in total. The molecule has 0 amide bonds. The largest absolute Gasteiger partial charge is 0.308 e. The predicted octanol–water partition coefficient (Wildman–Crippen LogP) is 3.22. The van der Waals surface area contributed by atoms with E-state index in [0.29, 0.717) is 5.56 Å². The van der Waals surface area contributed by atoms with Gasteiger partial charge >= 0.3 is 0 Å². The third-order valence-electron chi connectivity index (χ3n) is 3.00. The summed E-state index contributed by atoms with van der Waals surface area (Å²) in [5.41, 5.74) is 0.0351. The van der Waals surface area contributed by atoms with E-state index in [4.69, 9.17) is 11.6 Å². The highest BCUT2D eigenvalue weighted by molar-refractivity contribution is 6.31. The average Bonchev–Trinajstić information content (AvgIpc) is 2.62. The molecule has 0 saturated carbocycles. The Hall–Kier alpha value is -0.670. The topological polar surface area (TPSA) is 12.0 Å². The molecule has 1 aromatic rings. The van der Waals surface area contributed by atoms with Crippen LogP contribution in [0.1, 0.15) is 25.3 Å². The minimum absolute atomic E-state index is 0.414. The summed E-state index contributed by atoms with van der Waals surface area (Å²) in [6.45, 7) is 2.76. The first-order chi connectivity index (χ1) is 7.04. The average molecular weight is 232 g/mol. The van der Waals surface area contributed by atoms with Gasteiger partial charge in [-0.05, 0) is 32.4 Å². The zero-order valence-electron chi connectivity index (χ0n) is 8.41. The predicted molar refractivity (Wildman–Crippen MR) is 56.0 cm³/mol. The Bertz CT molecular complexity index is 386. The SMILES string of the molecule is CC1(c2ccc(F)c(Cl)c2F)CCCN1. The van der Waals surface area contributed by atoms with Crippen LogP contribution in [-0.4, -0.2) is 6.54 Å². The van der Waals surface area contributed by atoms with Gasteiger partial charge in [0, 0.05) is 11.1 Å². The summed E-state index contributed by atoms with van der Waals surface area (Å²) in [6.07, 6.45) is 1.83. The molecule has 1 atom stereocenters. The van der Waals surface area contributed by atoms with Crippen molar-refractivity contribution in [3.8, 4) is 0 Å². The van der Waals surface area contributed by atoms with Gasteiger partial charge in [-0.1, -0.05) is 17.7 Å². The fourth-order valence-electron chi connectivity index (χ4n) is 2.08. The van der Waals surface area contributed by atoms with Crippen molar-refractivity contribution < 1.29 is 8.78 Å². The highest BCUT2D eigenvalue weighted by Crippen LogP contribution is 2.35. The van der Waals surface area contributed by atoms with E-state index in [1.165, 1.54) is 12.1 Å². The normalized spacial score (nSPS) is 25.9. The molecule has 1 nitrogen and oxygen atoms in total. The van der Waals surface area contributed by atoms with E-state index >= 15 is 0 Å². The van der Waals surface area contributed by atoms with Crippen LogP contribution < -0.4 is 5.32 Å². The van der Waals surface area contributed by atoms with E-state index in [1.807, 2.05) is 6.92 Å². The van der Waals surface area contributed by atoms with E-state index in [1.54, 1.807) is 0 Å². The second-order valence-electron chi connectivity index (χ2n) is 4.09. The van der Waals surface area contributed by atoms with Crippen LogP contribution >= 0.6 is 11.6 Å². The summed E-state index contributed by atoms with van der Waals surface area (Å²) < 4.78 is 26.7. The number of nitrogens with one attached hydrogen (secondary N) is 1. The summed E-state index contributed by atoms with van der Waals surface area (Å²) in [5, 5.41) is 2.80. The monoisotopic (exact) mass is 231 g/mol. The molecule has 15 heavy (non-hydrogen) atoms. The fraction of sp³-hybridized carbons (Fsp3) is 0.455. The van der Waals surface area contributed by atoms with Gasteiger partial charge in [-0.25, -0.2) is 8.78 Å². The van der Waals surface area contributed by atoms with Crippen LogP contribution in [0, 0.1) is 11.6 Å². The van der Waals surface area contributed by atoms with Crippen molar-refractivity contribution in [2.24, 2.45) is 0 Å². The molecule has 0 radical (unpaired) electrons. The van der Waals surface area contributed by atoms with Crippen molar-refractivity contribution in [2.45, 2.75) is 25.3 Å². The fourth-order valence-corrected chi connectivity index (χ4v) is 2.24. The van der Waals surface area contributed by atoms with Gasteiger partial charge in [-0.2, -0.15) is 0 Å². The molecule has 82 valence electrons. The van der Waals surface area contributed by atoms with E-state index in [9.17, 15) is 8.78 Å². The molecular weight excluding hydrogens is 220 g/mol. The number of rotatable bonds is 1. The summed E-state index contributed by atoms with van der Waals surface area (Å²) in [7, 11) is 0. The van der Waals surface area contributed by atoms with Crippen LogP contribution in [0.15, 0.2) is 12.1 Å². The van der Waals surface area contributed by atoms with E-state index < -0.39 is 22.2 Å². The lowest BCUT2D eigenvalue weighted by atomic mass is 9.90. The number of hydrogen-bond acceptors (Lipinski definition) is 1. The molecule has 0 bridgehead atoms. The standard InChI is InChI=1S/C11H12ClF2N/c1-11(5-2-6-15-11)7-3-4-8(13)9(12)10(7)14/h3-4,15H,2,5-6H2,1H3. The van der Waals surface area contributed by atoms with Crippen molar-refractivity contribution in [1.82, 2.24) is 5.32 Å². The zero-order valence-corrected chi connectivity index (χ0v) is 9.17. The first kappa shape index (κ1) is 10.8. The van der Waals surface area contributed by atoms with Crippen LogP contribution in [0.4, 0.5) is 8.78 Å². The Kier molecular flexibility index (Phi) is 2.69. The molecule has 1 aliphatic heterocycles. The van der Waals surface area contributed by atoms with Gasteiger partial charge in [-0.3, -0.25) is 0 Å². The minimum atomic E-state index is -0.709. The molecule has 1 saturated heterocycles. The van der Waals surface area contributed by atoms with E-state index in [2.05, 4.69) is 5.32 Å². The van der Waals surface area contributed by atoms with Gasteiger partial charge in [-0.15, -0.1) is 0 Å². The van der Waals surface area contributed by atoms with E-state index in [0.717, 1.165) is 19.4 Å². The first-order valence-electron chi connectivity index (χ1n) is 4.93. The van der Waals surface area contributed by atoms with Crippen molar-refractivity contribution in [2.75, 3.05) is 6.54 Å². The minimum Gasteiger partial charge on any atom is -0.308 e. The van der Waals surface area contributed by atoms with Crippen LogP contribution in [0.5, 0.6) is 0 Å². The quantitative estimate of drug-likeness (QED) is 0.732. The van der Waals surface area contributed by atoms with Gasteiger partial charge in [0.2, 0.25) is 0 Å². The molecule has 1 heterocycles. The van der Waals surface area contributed by atoms with Crippen molar-refractivity contribution in [1.29, 1.82) is 0 Å². The molecule has 0 aliphatic carbocycles. The molecule has 1 aliphatic rings. The summed E-state index contributed by atoms with van der Waals surface area (Å²) >= 11 is 5.55.